The molecule has 0 aromatic carbocycles. The molecule has 0 aliphatic rings. The minimum Gasteiger partial charge on any atom is -0.748 e. The summed E-state index contributed by atoms with van der Waals surface area (Å²) in [6.07, 6.45) is 2.39. The molecule has 0 bridgehead atoms. The maximum Gasteiger partial charge on any atom is 2.00 e. The Bertz CT molecular complexity index is 1330. The molecule has 20 nitrogen and oxygen atoms in total. The van der Waals surface area contributed by atoms with Crippen LogP contribution in [0.1, 0.15) is 107 Å². The molecule has 0 saturated carbocycles. The van der Waals surface area contributed by atoms with Crippen LogP contribution in [0.2, 0.25) is 0 Å². The number of hydrogen-bond donors (Lipinski definition) is 4. The van der Waals surface area contributed by atoms with Gasteiger partial charge < -0.3 is 39.5 Å². The molecule has 4 N–H and O–H groups in total. The molecule has 0 saturated heterocycles. The van der Waals surface area contributed by atoms with Crippen LogP contribution >= 0.6 is 0 Å². The van der Waals surface area contributed by atoms with E-state index in [9.17, 15) is 71.1 Å². The topological polar surface area (TPSA) is 345 Å². The van der Waals surface area contributed by atoms with Crippen molar-refractivity contribution < 1.29 is 71.1 Å². The molecule has 0 aliphatic carbocycles. The van der Waals surface area contributed by atoms with E-state index < -0.39 is 63.5 Å². The van der Waals surface area contributed by atoms with Crippen LogP contribution < -0.4 is 21.3 Å². The Balaban J connectivity index is -0.000000154. The van der Waals surface area contributed by atoms with Gasteiger partial charge in [0, 0.05) is 74.9 Å². The Morgan fingerprint density at radius 2 is 0.517 bits per heavy atom. The van der Waals surface area contributed by atoms with Crippen LogP contribution in [0.15, 0.2) is 0 Å². The van der Waals surface area contributed by atoms with Crippen LogP contribution in [-0.4, -0.2) is 185 Å². The van der Waals surface area contributed by atoms with E-state index in [-0.39, 0.29) is 160 Å². The zero-order chi connectivity index (χ0) is 44.8. The molecule has 0 radical (unpaired) electrons. The first-order chi connectivity index (χ1) is 25.2. The van der Waals surface area contributed by atoms with Gasteiger partial charge in [-0.2, -0.15) is 0 Å². The van der Waals surface area contributed by atoms with E-state index in [1.165, 1.54) is 0 Å². The number of hydrogen-bond acceptors (Lipinski definition) is 16. The van der Waals surface area contributed by atoms with Crippen molar-refractivity contribution in [2.45, 2.75) is 107 Å². The van der Waals surface area contributed by atoms with Crippen molar-refractivity contribution in [1.29, 1.82) is 0 Å². The Kier molecular flexibility index (Phi) is 45.7. The summed E-state index contributed by atoms with van der Waals surface area (Å²) >= 11 is 0. The second-order valence-electron chi connectivity index (χ2n) is 14.3. The number of rotatable bonds is 24. The van der Waals surface area contributed by atoms with Crippen molar-refractivity contribution in [3.63, 3.8) is 0 Å². The zero-order valence-corrected chi connectivity index (χ0v) is 42.1. The van der Waals surface area contributed by atoms with Crippen LogP contribution in [0.25, 0.3) is 0 Å². The van der Waals surface area contributed by atoms with Gasteiger partial charge in [0.25, 0.3) is 0 Å². The molecule has 0 fully saturated rings. The van der Waals surface area contributed by atoms with Gasteiger partial charge in [0.05, 0.1) is 40.5 Å². The Morgan fingerprint density at radius 1 is 0.379 bits per heavy atom. The number of amides is 4. The van der Waals surface area contributed by atoms with Crippen LogP contribution in [0, 0.1) is 23.7 Å². The first-order valence-electron chi connectivity index (χ1n) is 18.1. The van der Waals surface area contributed by atoms with Gasteiger partial charge in [-0.15, -0.1) is 0 Å². The van der Waals surface area contributed by atoms with Crippen molar-refractivity contribution in [3.8, 4) is 0 Å². The normalized spacial score (nSPS) is 11.3. The van der Waals surface area contributed by atoms with Gasteiger partial charge in [-0.25, -0.2) is 33.7 Å². The largest absolute Gasteiger partial charge is 2.00 e. The minimum absolute atomic E-state index is 0. The summed E-state index contributed by atoms with van der Waals surface area (Å²) in [4.78, 5) is 44.2. The van der Waals surface area contributed by atoms with Crippen molar-refractivity contribution in [2.24, 2.45) is 23.7 Å². The van der Waals surface area contributed by atoms with E-state index in [4.69, 9.17) is 0 Å². The third-order valence-corrected chi connectivity index (χ3v) is 9.10. The van der Waals surface area contributed by atoms with Crippen LogP contribution in [0.5, 0.6) is 0 Å². The van der Waals surface area contributed by atoms with Gasteiger partial charge in [-0.05, 0) is 49.4 Å². The molecule has 4 amide bonds. The smallest absolute Gasteiger partial charge is 0.748 e. The van der Waals surface area contributed by atoms with E-state index in [1.54, 1.807) is 0 Å². The standard InChI is InChI=1S/4C8H17NO4S.Ca.Mg/c4*1-7(2)6-8(10)9-4-3-5-14(11,12)13;;/h4*7H,3-6H2,1-2H3,(H,9,10)(H,11,12,13);;/q;;;;2*+2/p-4. The maximum atomic E-state index is 11.0. The molecule has 0 rings (SSSR count). The van der Waals surface area contributed by atoms with Crippen molar-refractivity contribution >= 4 is 125 Å². The van der Waals surface area contributed by atoms with Crippen molar-refractivity contribution in [3.05, 3.63) is 0 Å². The van der Waals surface area contributed by atoms with E-state index >= 15 is 0 Å². The molecule has 26 heteroatoms. The molecule has 0 spiro atoms. The molecule has 0 aromatic heterocycles. The third kappa shape index (κ3) is 73.1. The molecule has 336 valence electrons. The Morgan fingerprint density at radius 3 is 0.621 bits per heavy atom. The quantitative estimate of drug-likeness (QED) is 0.0542. The second-order valence-corrected chi connectivity index (χ2v) is 20.3. The van der Waals surface area contributed by atoms with E-state index in [2.05, 4.69) is 21.3 Å². The Labute approximate surface area is 393 Å². The van der Waals surface area contributed by atoms with Gasteiger partial charge in [0.15, 0.2) is 0 Å². The first kappa shape index (κ1) is 69.3. The third-order valence-electron chi connectivity index (χ3n) is 5.95. The molecule has 0 heterocycles. The first-order valence-corrected chi connectivity index (χ1v) is 24.4. The Hall–Kier alpha value is -0.454. The van der Waals surface area contributed by atoms with E-state index in [0.717, 1.165) is 0 Å². The van der Waals surface area contributed by atoms with Gasteiger partial charge >= 0.3 is 60.8 Å². The fraction of sp³-hybridized carbons (Fsp3) is 0.875. The summed E-state index contributed by atoms with van der Waals surface area (Å²) in [5.41, 5.74) is 0. The van der Waals surface area contributed by atoms with E-state index in [1.807, 2.05) is 55.4 Å². The average molecular weight is 954 g/mol. The molecule has 0 aromatic rings. The summed E-state index contributed by atoms with van der Waals surface area (Å²) < 4.78 is 122. The monoisotopic (exact) mass is 952 g/mol. The summed E-state index contributed by atoms with van der Waals surface area (Å²) in [5.74, 6) is -1.01. The minimum atomic E-state index is -4.15. The van der Waals surface area contributed by atoms with Crippen molar-refractivity contribution in [1.82, 2.24) is 21.3 Å². The van der Waals surface area contributed by atoms with E-state index in [0.29, 0.717) is 25.7 Å². The number of carbonyl (C=O) groups excluding carboxylic acids is 4. The predicted molar refractivity (Wildman–Crippen MR) is 218 cm³/mol. The summed E-state index contributed by atoms with van der Waals surface area (Å²) in [6.45, 7) is 16.3. The summed E-state index contributed by atoms with van der Waals surface area (Å²) in [6, 6.07) is 0. The predicted octanol–water partition coefficient (Wildman–Crippen LogP) is -0.426. The SMILES string of the molecule is CC(C)CC(=O)NCCCS(=O)(=O)[O-].CC(C)CC(=O)NCCCS(=O)(=O)[O-].CC(C)CC(=O)NCCCS(=O)(=O)[O-].CC(C)CC(=O)NCCCS(=O)(=O)[O-].[Ca+2].[Mg+2]. The summed E-state index contributed by atoms with van der Waals surface area (Å²) in [5, 5.41) is 10.2. The molecule has 58 heavy (non-hydrogen) atoms. The average Bonchev–Trinajstić information content (AvgIpc) is 2.96. The summed E-state index contributed by atoms with van der Waals surface area (Å²) in [7, 11) is -16.6. The van der Waals surface area contributed by atoms with Gasteiger partial charge in [-0.3, -0.25) is 19.2 Å². The van der Waals surface area contributed by atoms with Crippen LogP contribution in [-0.2, 0) is 59.7 Å². The maximum absolute atomic E-state index is 11.0. The molecule has 0 aliphatic heterocycles. The van der Waals surface area contributed by atoms with Gasteiger partial charge in [0.1, 0.15) is 0 Å². The van der Waals surface area contributed by atoms with Crippen LogP contribution in [0.4, 0.5) is 0 Å². The fourth-order valence-corrected chi connectivity index (χ4v) is 5.67. The van der Waals surface area contributed by atoms with Crippen LogP contribution in [0.3, 0.4) is 0 Å². The molecular formula is C32H64CaMgN4O16S4. The second kappa shape index (κ2) is 38.2. The van der Waals surface area contributed by atoms with Gasteiger partial charge in [-0.1, -0.05) is 55.4 Å². The van der Waals surface area contributed by atoms with Gasteiger partial charge in [0.2, 0.25) is 23.6 Å². The molecular weight excluding hydrogens is 889 g/mol. The van der Waals surface area contributed by atoms with Crippen molar-refractivity contribution in [2.75, 3.05) is 49.2 Å². The number of carbonyl (C=O) groups is 4. The zero-order valence-electron chi connectivity index (χ0n) is 35.2. The molecule has 0 atom stereocenters. The number of nitrogens with one attached hydrogen (secondary N) is 4. The molecule has 0 unspecified atom stereocenters. The fourth-order valence-electron chi connectivity index (χ4n) is 3.68.